The van der Waals surface area contributed by atoms with Crippen molar-refractivity contribution in [1.82, 2.24) is 15.1 Å². The van der Waals surface area contributed by atoms with Crippen LogP contribution in [-0.4, -0.2) is 22.2 Å². The van der Waals surface area contributed by atoms with E-state index in [1.165, 1.54) is 0 Å². The fraction of sp³-hybridized carbons (Fsp3) is 0.533. The molecule has 0 saturated heterocycles. The molecule has 1 saturated carbocycles. The van der Waals surface area contributed by atoms with Crippen molar-refractivity contribution in [2.45, 2.75) is 38.2 Å². The number of rotatable bonds is 3. The highest BCUT2D eigenvalue weighted by Crippen LogP contribution is 2.41. The van der Waals surface area contributed by atoms with E-state index in [1.807, 2.05) is 6.07 Å². The number of anilines is 1. The predicted octanol–water partition coefficient (Wildman–Crippen LogP) is 2.77. The van der Waals surface area contributed by atoms with Crippen molar-refractivity contribution in [2.75, 3.05) is 12.8 Å². The lowest BCUT2D eigenvalue weighted by Crippen LogP contribution is -2.34. The molecule has 6 heteroatoms. The summed E-state index contributed by atoms with van der Waals surface area (Å²) in [6.45, 7) is 2.27. The van der Waals surface area contributed by atoms with Crippen LogP contribution in [0.4, 0.5) is 5.82 Å². The van der Waals surface area contributed by atoms with Gasteiger partial charge < -0.3 is 15.0 Å². The molecular formula is C15H20N4O2. The lowest BCUT2D eigenvalue weighted by Gasteiger charge is -2.35. The summed E-state index contributed by atoms with van der Waals surface area (Å²) in [7, 11) is 1.72. The SMILES string of the molecule is COC1(c2noc(-c3ccc(N)nc3)n2)CCC(C)CC1. The molecule has 3 rings (SSSR count). The highest BCUT2D eigenvalue weighted by Gasteiger charge is 2.40. The number of nitrogen functional groups attached to an aromatic ring is 1. The summed E-state index contributed by atoms with van der Waals surface area (Å²) in [4.78, 5) is 8.56. The minimum absolute atomic E-state index is 0.421. The first kappa shape index (κ1) is 14.0. The summed E-state index contributed by atoms with van der Waals surface area (Å²) in [5.41, 5.74) is 5.93. The van der Waals surface area contributed by atoms with Crippen molar-refractivity contribution >= 4 is 5.82 Å². The molecule has 21 heavy (non-hydrogen) atoms. The minimum atomic E-state index is -0.421. The van der Waals surface area contributed by atoms with Gasteiger partial charge in [-0.15, -0.1) is 0 Å². The van der Waals surface area contributed by atoms with Gasteiger partial charge >= 0.3 is 0 Å². The average molecular weight is 288 g/mol. The average Bonchev–Trinajstić information content (AvgIpc) is 3.00. The van der Waals surface area contributed by atoms with E-state index in [2.05, 4.69) is 22.0 Å². The van der Waals surface area contributed by atoms with Crippen LogP contribution in [-0.2, 0) is 10.3 Å². The summed E-state index contributed by atoms with van der Waals surface area (Å²) in [6.07, 6.45) is 5.70. The number of hydrogen-bond donors (Lipinski definition) is 1. The van der Waals surface area contributed by atoms with Crippen LogP contribution >= 0.6 is 0 Å². The molecule has 1 fully saturated rings. The van der Waals surface area contributed by atoms with Crippen LogP contribution in [0.1, 0.15) is 38.4 Å². The Morgan fingerprint density at radius 2 is 2.10 bits per heavy atom. The van der Waals surface area contributed by atoms with E-state index in [0.29, 0.717) is 17.5 Å². The minimum Gasteiger partial charge on any atom is -0.384 e. The monoisotopic (exact) mass is 288 g/mol. The lowest BCUT2D eigenvalue weighted by atomic mass is 9.79. The Morgan fingerprint density at radius 1 is 1.33 bits per heavy atom. The van der Waals surface area contributed by atoms with Crippen LogP contribution in [0.3, 0.4) is 0 Å². The standard InChI is InChI=1S/C15H20N4O2/c1-10-5-7-15(20-2,8-6-10)14-18-13(21-19-14)11-3-4-12(16)17-9-11/h3-4,9-10H,5-8H2,1-2H3,(H2,16,17). The Labute approximate surface area is 123 Å². The molecule has 2 aromatic rings. The topological polar surface area (TPSA) is 87.1 Å². The van der Waals surface area contributed by atoms with E-state index in [1.54, 1.807) is 19.4 Å². The van der Waals surface area contributed by atoms with Gasteiger partial charge in [0.2, 0.25) is 5.82 Å². The normalized spacial score (nSPS) is 25.9. The van der Waals surface area contributed by atoms with E-state index in [0.717, 1.165) is 37.2 Å². The fourth-order valence-electron chi connectivity index (χ4n) is 2.81. The number of hydrogen-bond acceptors (Lipinski definition) is 6. The number of methoxy groups -OCH3 is 1. The Bertz CT molecular complexity index is 600. The zero-order valence-corrected chi connectivity index (χ0v) is 12.4. The van der Waals surface area contributed by atoms with Gasteiger partial charge in [0.1, 0.15) is 11.4 Å². The molecule has 1 aliphatic rings. The highest BCUT2D eigenvalue weighted by atomic mass is 16.5. The van der Waals surface area contributed by atoms with Gasteiger partial charge in [0.25, 0.3) is 5.89 Å². The molecule has 0 aliphatic heterocycles. The Hall–Kier alpha value is -1.95. The third-order valence-electron chi connectivity index (χ3n) is 4.34. The summed E-state index contributed by atoms with van der Waals surface area (Å²) in [5, 5.41) is 4.14. The quantitative estimate of drug-likeness (QED) is 0.934. The molecule has 1 aliphatic carbocycles. The van der Waals surface area contributed by atoms with E-state index in [-0.39, 0.29) is 0 Å². The van der Waals surface area contributed by atoms with Gasteiger partial charge in [0.05, 0.1) is 5.56 Å². The van der Waals surface area contributed by atoms with Gasteiger partial charge in [-0.3, -0.25) is 0 Å². The van der Waals surface area contributed by atoms with Crippen LogP contribution in [0.25, 0.3) is 11.5 Å². The summed E-state index contributed by atoms with van der Waals surface area (Å²) >= 11 is 0. The van der Waals surface area contributed by atoms with Crippen LogP contribution in [0.2, 0.25) is 0 Å². The number of nitrogens with two attached hydrogens (primary N) is 1. The first-order valence-corrected chi connectivity index (χ1v) is 7.24. The van der Waals surface area contributed by atoms with Crippen molar-refractivity contribution in [1.29, 1.82) is 0 Å². The smallest absolute Gasteiger partial charge is 0.259 e. The molecule has 0 aromatic carbocycles. The summed E-state index contributed by atoms with van der Waals surface area (Å²) in [6, 6.07) is 3.54. The van der Waals surface area contributed by atoms with Crippen LogP contribution < -0.4 is 5.73 Å². The van der Waals surface area contributed by atoms with Crippen LogP contribution in [0, 0.1) is 5.92 Å². The summed E-state index contributed by atoms with van der Waals surface area (Å²) < 4.78 is 11.1. The molecule has 112 valence electrons. The first-order valence-electron chi connectivity index (χ1n) is 7.24. The molecule has 2 aromatic heterocycles. The maximum absolute atomic E-state index is 5.76. The lowest BCUT2D eigenvalue weighted by molar-refractivity contribution is -0.0609. The Kier molecular flexibility index (Phi) is 3.63. The molecule has 0 radical (unpaired) electrons. The van der Waals surface area contributed by atoms with E-state index in [9.17, 15) is 0 Å². The van der Waals surface area contributed by atoms with Crippen molar-refractivity contribution in [3.05, 3.63) is 24.2 Å². The molecule has 0 atom stereocenters. The zero-order chi connectivity index (χ0) is 14.9. The molecule has 0 bridgehead atoms. The van der Waals surface area contributed by atoms with Crippen molar-refractivity contribution in [3.63, 3.8) is 0 Å². The number of nitrogens with zero attached hydrogens (tertiary/aromatic N) is 3. The van der Waals surface area contributed by atoms with E-state index in [4.69, 9.17) is 15.0 Å². The highest BCUT2D eigenvalue weighted by molar-refractivity contribution is 5.53. The van der Waals surface area contributed by atoms with E-state index < -0.39 is 5.60 Å². The van der Waals surface area contributed by atoms with Gasteiger partial charge in [-0.05, 0) is 43.7 Å². The second-order valence-electron chi connectivity index (χ2n) is 5.78. The molecule has 0 amide bonds. The predicted molar refractivity (Wildman–Crippen MR) is 78.3 cm³/mol. The maximum atomic E-state index is 5.76. The third-order valence-corrected chi connectivity index (χ3v) is 4.34. The van der Waals surface area contributed by atoms with Crippen molar-refractivity contribution in [2.24, 2.45) is 5.92 Å². The third kappa shape index (κ3) is 2.63. The van der Waals surface area contributed by atoms with Gasteiger partial charge in [-0.25, -0.2) is 4.98 Å². The molecule has 6 nitrogen and oxygen atoms in total. The number of ether oxygens (including phenoxy) is 1. The molecule has 0 unspecified atom stereocenters. The maximum Gasteiger partial charge on any atom is 0.259 e. The molecule has 0 spiro atoms. The molecule has 2 N–H and O–H groups in total. The zero-order valence-electron chi connectivity index (χ0n) is 12.4. The van der Waals surface area contributed by atoms with E-state index >= 15 is 0 Å². The second kappa shape index (κ2) is 5.44. The Balaban J connectivity index is 1.88. The second-order valence-corrected chi connectivity index (χ2v) is 5.78. The molecule has 2 heterocycles. The van der Waals surface area contributed by atoms with Gasteiger partial charge in [-0.2, -0.15) is 4.98 Å². The molecular weight excluding hydrogens is 268 g/mol. The van der Waals surface area contributed by atoms with Crippen molar-refractivity contribution < 1.29 is 9.26 Å². The van der Waals surface area contributed by atoms with Gasteiger partial charge in [0, 0.05) is 13.3 Å². The van der Waals surface area contributed by atoms with Gasteiger partial charge in [-0.1, -0.05) is 12.1 Å². The Morgan fingerprint density at radius 3 is 2.71 bits per heavy atom. The van der Waals surface area contributed by atoms with Crippen LogP contribution in [0.15, 0.2) is 22.9 Å². The van der Waals surface area contributed by atoms with Crippen LogP contribution in [0.5, 0.6) is 0 Å². The fourth-order valence-corrected chi connectivity index (χ4v) is 2.81. The number of aromatic nitrogens is 3. The van der Waals surface area contributed by atoms with Crippen molar-refractivity contribution in [3.8, 4) is 11.5 Å². The largest absolute Gasteiger partial charge is 0.384 e. The van der Waals surface area contributed by atoms with Gasteiger partial charge in [0.15, 0.2) is 0 Å². The summed E-state index contributed by atoms with van der Waals surface area (Å²) in [5.74, 6) is 2.27. The number of pyridine rings is 1. The first-order chi connectivity index (χ1) is 10.1.